The number of ketones is 1. The lowest BCUT2D eigenvalue weighted by molar-refractivity contribution is -0.126. The molecule has 0 N–H and O–H groups in total. The Morgan fingerprint density at radius 1 is 1.05 bits per heavy atom. The highest BCUT2D eigenvalue weighted by molar-refractivity contribution is 5.81. The van der Waals surface area contributed by atoms with Gasteiger partial charge in [0.15, 0.2) is 0 Å². The van der Waals surface area contributed by atoms with Gasteiger partial charge in [0, 0.05) is 12.3 Å². The second-order valence-electron chi connectivity index (χ2n) is 6.85. The van der Waals surface area contributed by atoms with Crippen molar-refractivity contribution < 1.29 is 4.79 Å². The zero-order valence-corrected chi connectivity index (χ0v) is 13.4. The molecule has 0 amide bonds. The molecule has 2 atom stereocenters. The molecular weight excluding hydrogens is 232 g/mol. The molecule has 0 bridgehead atoms. The maximum Gasteiger partial charge on any atom is 0.135 e. The molecule has 0 radical (unpaired) electrons. The van der Waals surface area contributed by atoms with Crippen molar-refractivity contribution in [2.45, 2.75) is 91.4 Å². The second-order valence-corrected chi connectivity index (χ2v) is 6.85. The van der Waals surface area contributed by atoms with E-state index in [4.69, 9.17) is 0 Å². The lowest BCUT2D eigenvalue weighted by Crippen LogP contribution is -2.27. The van der Waals surface area contributed by atoms with Gasteiger partial charge >= 0.3 is 0 Å². The Labute approximate surface area is 120 Å². The quantitative estimate of drug-likeness (QED) is 0.484. The Morgan fingerprint density at radius 3 is 2.32 bits per heavy atom. The van der Waals surface area contributed by atoms with Gasteiger partial charge in [-0.15, -0.1) is 0 Å². The molecule has 0 aromatic carbocycles. The van der Waals surface area contributed by atoms with Gasteiger partial charge in [0.05, 0.1) is 0 Å². The molecule has 112 valence electrons. The highest BCUT2D eigenvalue weighted by Gasteiger charge is 2.29. The number of carbonyl (C=O) groups is 1. The van der Waals surface area contributed by atoms with Crippen LogP contribution in [0, 0.1) is 17.8 Å². The first kappa shape index (κ1) is 16.7. The number of Topliss-reactive ketones (excluding diaryl/α,β-unsaturated/α-hetero) is 1. The smallest absolute Gasteiger partial charge is 0.135 e. The predicted octanol–water partition coefficient (Wildman–Crippen LogP) is 5.77. The van der Waals surface area contributed by atoms with Crippen LogP contribution in [0.25, 0.3) is 0 Å². The fourth-order valence-corrected chi connectivity index (χ4v) is 3.38. The third-order valence-corrected chi connectivity index (χ3v) is 4.90. The fraction of sp³-hybridized carbons (Fsp3) is 0.944. The second kappa shape index (κ2) is 9.55. The van der Waals surface area contributed by atoms with Gasteiger partial charge in [-0.25, -0.2) is 0 Å². The molecule has 0 aromatic heterocycles. The SMILES string of the molecule is CCCCCCCCCC1CC(C(C)C)CCC1=O. The van der Waals surface area contributed by atoms with E-state index in [0.717, 1.165) is 31.1 Å². The molecule has 19 heavy (non-hydrogen) atoms. The number of hydrogen-bond donors (Lipinski definition) is 0. The molecule has 0 heterocycles. The van der Waals surface area contributed by atoms with Crippen molar-refractivity contribution in [1.82, 2.24) is 0 Å². The van der Waals surface area contributed by atoms with E-state index < -0.39 is 0 Å². The van der Waals surface area contributed by atoms with Crippen molar-refractivity contribution in [2.75, 3.05) is 0 Å². The summed E-state index contributed by atoms with van der Waals surface area (Å²) in [5.74, 6) is 2.51. The van der Waals surface area contributed by atoms with Crippen LogP contribution in [-0.4, -0.2) is 5.78 Å². The van der Waals surface area contributed by atoms with E-state index in [9.17, 15) is 4.79 Å². The third-order valence-electron chi connectivity index (χ3n) is 4.90. The summed E-state index contributed by atoms with van der Waals surface area (Å²) in [6, 6.07) is 0. The standard InChI is InChI=1S/C18H34O/c1-4-5-6-7-8-9-10-11-17-14-16(15(2)3)12-13-18(17)19/h15-17H,4-14H2,1-3H3. The summed E-state index contributed by atoms with van der Waals surface area (Å²) < 4.78 is 0. The van der Waals surface area contributed by atoms with Crippen LogP contribution in [0.15, 0.2) is 0 Å². The van der Waals surface area contributed by atoms with Crippen LogP contribution < -0.4 is 0 Å². The third kappa shape index (κ3) is 6.58. The molecule has 1 fully saturated rings. The molecule has 1 aliphatic rings. The Balaban J connectivity index is 2.11. The zero-order valence-electron chi connectivity index (χ0n) is 13.4. The highest BCUT2D eigenvalue weighted by Crippen LogP contribution is 2.34. The van der Waals surface area contributed by atoms with Gasteiger partial charge in [-0.3, -0.25) is 4.79 Å². The van der Waals surface area contributed by atoms with E-state index in [0.29, 0.717) is 11.7 Å². The van der Waals surface area contributed by atoms with Crippen molar-refractivity contribution in [2.24, 2.45) is 17.8 Å². The molecule has 0 aliphatic heterocycles. The molecule has 1 nitrogen and oxygen atoms in total. The lowest BCUT2D eigenvalue weighted by Gasteiger charge is -2.30. The van der Waals surface area contributed by atoms with Gasteiger partial charge in [-0.1, -0.05) is 65.7 Å². The molecule has 1 aliphatic carbocycles. The molecular formula is C18H34O. The molecule has 0 spiro atoms. The number of carbonyl (C=O) groups excluding carboxylic acids is 1. The largest absolute Gasteiger partial charge is 0.299 e. The van der Waals surface area contributed by atoms with Crippen LogP contribution in [0.5, 0.6) is 0 Å². The average Bonchev–Trinajstić information content (AvgIpc) is 2.39. The zero-order chi connectivity index (χ0) is 14.1. The Hall–Kier alpha value is -0.330. The normalized spacial score (nSPS) is 24.1. The van der Waals surface area contributed by atoms with E-state index in [1.807, 2.05) is 0 Å². The van der Waals surface area contributed by atoms with Crippen LogP contribution in [0.1, 0.15) is 91.4 Å². The molecule has 2 unspecified atom stereocenters. The first-order chi connectivity index (χ1) is 9.15. The van der Waals surface area contributed by atoms with Crippen molar-refractivity contribution in [3.05, 3.63) is 0 Å². The van der Waals surface area contributed by atoms with E-state index >= 15 is 0 Å². The molecule has 0 saturated heterocycles. The summed E-state index contributed by atoms with van der Waals surface area (Å²) in [4.78, 5) is 12.0. The number of rotatable bonds is 9. The van der Waals surface area contributed by atoms with Gasteiger partial charge in [-0.05, 0) is 31.1 Å². The minimum absolute atomic E-state index is 0.400. The summed E-state index contributed by atoms with van der Waals surface area (Å²) in [6.07, 6.45) is 13.8. The fourth-order valence-electron chi connectivity index (χ4n) is 3.38. The lowest BCUT2D eigenvalue weighted by atomic mass is 9.74. The minimum atomic E-state index is 0.400. The van der Waals surface area contributed by atoms with E-state index in [2.05, 4.69) is 20.8 Å². The van der Waals surface area contributed by atoms with Gasteiger partial charge in [0.1, 0.15) is 5.78 Å². The maximum atomic E-state index is 12.0. The maximum absolute atomic E-state index is 12.0. The van der Waals surface area contributed by atoms with Crippen LogP contribution >= 0.6 is 0 Å². The Morgan fingerprint density at radius 2 is 1.68 bits per heavy atom. The summed E-state index contributed by atoms with van der Waals surface area (Å²) in [7, 11) is 0. The van der Waals surface area contributed by atoms with Gasteiger partial charge in [-0.2, -0.15) is 0 Å². The van der Waals surface area contributed by atoms with E-state index in [1.165, 1.54) is 51.4 Å². The van der Waals surface area contributed by atoms with Gasteiger partial charge in [0.25, 0.3) is 0 Å². The van der Waals surface area contributed by atoms with Crippen LogP contribution in [0.4, 0.5) is 0 Å². The molecule has 1 heteroatoms. The van der Waals surface area contributed by atoms with Gasteiger partial charge < -0.3 is 0 Å². The first-order valence-corrected chi connectivity index (χ1v) is 8.67. The monoisotopic (exact) mass is 266 g/mol. The van der Waals surface area contributed by atoms with Crippen molar-refractivity contribution in [1.29, 1.82) is 0 Å². The van der Waals surface area contributed by atoms with Crippen molar-refractivity contribution in [3.8, 4) is 0 Å². The summed E-state index contributed by atoms with van der Waals surface area (Å²) in [5.41, 5.74) is 0. The summed E-state index contributed by atoms with van der Waals surface area (Å²) >= 11 is 0. The number of unbranched alkanes of at least 4 members (excludes halogenated alkanes) is 6. The average molecular weight is 266 g/mol. The molecule has 0 aromatic rings. The topological polar surface area (TPSA) is 17.1 Å². The first-order valence-electron chi connectivity index (χ1n) is 8.67. The molecule has 1 saturated carbocycles. The van der Waals surface area contributed by atoms with Gasteiger partial charge in [0.2, 0.25) is 0 Å². The Kier molecular flexibility index (Phi) is 8.41. The van der Waals surface area contributed by atoms with Crippen LogP contribution in [-0.2, 0) is 4.79 Å². The minimum Gasteiger partial charge on any atom is -0.299 e. The van der Waals surface area contributed by atoms with Crippen LogP contribution in [0.2, 0.25) is 0 Å². The predicted molar refractivity (Wildman–Crippen MR) is 83.3 cm³/mol. The van der Waals surface area contributed by atoms with Crippen molar-refractivity contribution in [3.63, 3.8) is 0 Å². The Bertz CT molecular complexity index is 244. The highest BCUT2D eigenvalue weighted by atomic mass is 16.1. The van der Waals surface area contributed by atoms with E-state index in [1.54, 1.807) is 0 Å². The number of hydrogen-bond acceptors (Lipinski definition) is 1. The van der Waals surface area contributed by atoms with Crippen LogP contribution in [0.3, 0.4) is 0 Å². The van der Waals surface area contributed by atoms with Crippen molar-refractivity contribution >= 4 is 5.78 Å². The summed E-state index contributed by atoms with van der Waals surface area (Å²) in [6.45, 7) is 6.89. The molecule has 1 rings (SSSR count). The summed E-state index contributed by atoms with van der Waals surface area (Å²) in [5, 5.41) is 0. The van der Waals surface area contributed by atoms with E-state index in [-0.39, 0.29) is 0 Å².